The van der Waals surface area contributed by atoms with Gasteiger partial charge in [0.05, 0.1) is 35.1 Å². The molecule has 0 saturated carbocycles. The molecule has 0 bridgehead atoms. The summed E-state index contributed by atoms with van der Waals surface area (Å²) in [6, 6.07) is 18.6. The number of halogens is 1. The third-order valence-electron chi connectivity index (χ3n) is 4.41. The van der Waals surface area contributed by atoms with Crippen molar-refractivity contribution < 1.29 is 14.3 Å². The Morgan fingerprint density at radius 1 is 1.00 bits per heavy atom. The van der Waals surface area contributed by atoms with Crippen molar-refractivity contribution in [1.82, 2.24) is 4.98 Å². The van der Waals surface area contributed by atoms with Gasteiger partial charge in [0.2, 0.25) is 0 Å². The highest BCUT2D eigenvalue weighted by atomic mass is 35.5. The number of nitrogens with one attached hydrogen (secondary N) is 1. The van der Waals surface area contributed by atoms with Crippen molar-refractivity contribution in [3.63, 3.8) is 0 Å². The maximum atomic E-state index is 13.0. The SMILES string of the molecule is COc1cccc(OC)c1C(=O)Nc1cc(-c2nc3ccccc3s2)ccc1Cl. The van der Waals surface area contributed by atoms with Gasteiger partial charge in [0.15, 0.2) is 0 Å². The second-order valence-corrected chi connectivity index (χ2v) is 7.61. The number of ether oxygens (including phenoxy) is 2. The van der Waals surface area contributed by atoms with Crippen LogP contribution in [0.15, 0.2) is 60.7 Å². The van der Waals surface area contributed by atoms with Crippen molar-refractivity contribution in [3.8, 4) is 22.1 Å². The third kappa shape index (κ3) is 3.77. The van der Waals surface area contributed by atoms with E-state index in [4.69, 9.17) is 21.1 Å². The number of amides is 1. The van der Waals surface area contributed by atoms with Crippen LogP contribution in [-0.2, 0) is 0 Å². The molecule has 0 fully saturated rings. The van der Waals surface area contributed by atoms with Gasteiger partial charge in [0, 0.05) is 5.56 Å². The predicted octanol–water partition coefficient (Wildman–Crippen LogP) is 5.89. The maximum absolute atomic E-state index is 13.0. The van der Waals surface area contributed by atoms with Gasteiger partial charge in [-0.05, 0) is 36.4 Å². The molecule has 1 aromatic heterocycles. The van der Waals surface area contributed by atoms with Crippen molar-refractivity contribution in [2.45, 2.75) is 0 Å². The number of thiazole rings is 1. The largest absolute Gasteiger partial charge is 0.496 e. The monoisotopic (exact) mass is 424 g/mol. The van der Waals surface area contributed by atoms with E-state index in [2.05, 4.69) is 10.3 Å². The molecular formula is C22H17ClN2O3S. The molecule has 7 heteroatoms. The Labute approximate surface area is 176 Å². The van der Waals surface area contributed by atoms with Crippen LogP contribution in [0.25, 0.3) is 20.8 Å². The highest BCUT2D eigenvalue weighted by Crippen LogP contribution is 2.35. The summed E-state index contributed by atoms with van der Waals surface area (Å²) in [6.07, 6.45) is 0. The van der Waals surface area contributed by atoms with Crippen molar-refractivity contribution in [3.05, 3.63) is 71.2 Å². The highest BCUT2D eigenvalue weighted by molar-refractivity contribution is 7.21. The van der Waals surface area contributed by atoms with Gasteiger partial charge in [0.25, 0.3) is 5.91 Å². The average Bonchev–Trinajstić information content (AvgIpc) is 3.18. The Morgan fingerprint density at radius 2 is 1.72 bits per heavy atom. The van der Waals surface area contributed by atoms with Gasteiger partial charge >= 0.3 is 0 Å². The topological polar surface area (TPSA) is 60.5 Å². The first kappa shape index (κ1) is 19.2. The summed E-state index contributed by atoms with van der Waals surface area (Å²) in [4.78, 5) is 17.6. The number of nitrogens with zero attached hydrogens (tertiary/aromatic N) is 1. The molecule has 5 nitrogen and oxygen atoms in total. The summed E-state index contributed by atoms with van der Waals surface area (Å²) in [5, 5.41) is 4.15. The molecule has 3 aromatic carbocycles. The van der Waals surface area contributed by atoms with E-state index in [1.807, 2.05) is 36.4 Å². The summed E-state index contributed by atoms with van der Waals surface area (Å²) >= 11 is 7.93. The first-order chi connectivity index (χ1) is 14.1. The number of aromatic nitrogens is 1. The van der Waals surface area contributed by atoms with Crippen LogP contribution in [-0.4, -0.2) is 25.1 Å². The van der Waals surface area contributed by atoms with E-state index in [9.17, 15) is 4.79 Å². The lowest BCUT2D eigenvalue weighted by Crippen LogP contribution is -2.15. The number of hydrogen-bond acceptors (Lipinski definition) is 5. The molecule has 1 heterocycles. The number of methoxy groups -OCH3 is 2. The van der Waals surface area contributed by atoms with Crippen LogP contribution >= 0.6 is 22.9 Å². The van der Waals surface area contributed by atoms with Crippen LogP contribution < -0.4 is 14.8 Å². The smallest absolute Gasteiger partial charge is 0.263 e. The van der Waals surface area contributed by atoms with Crippen molar-refractivity contribution in [2.24, 2.45) is 0 Å². The Morgan fingerprint density at radius 3 is 2.41 bits per heavy atom. The minimum atomic E-state index is -0.373. The van der Waals surface area contributed by atoms with E-state index in [0.29, 0.717) is 27.8 Å². The number of para-hydroxylation sites is 1. The molecule has 0 saturated heterocycles. The number of hydrogen-bond donors (Lipinski definition) is 1. The first-order valence-corrected chi connectivity index (χ1v) is 9.98. The Bertz CT molecular complexity index is 1150. The fraction of sp³-hybridized carbons (Fsp3) is 0.0909. The van der Waals surface area contributed by atoms with E-state index in [1.54, 1.807) is 35.6 Å². The lowest BCUT2D eigenvalue weighted by molar-refractivity contribution is 0.102. The van der Waals surface area contributed by atoms with Gasteiger partial charge in [-0.1, -0.05) is 35.9 Å². The molecule has 4 aromatic rings. The summed E-state index contributed by atoms with van der Waals surface area (Å²) < 4.78 is 11.7. The van der Waals surface area contributed by atoms with Gasteiger partial charge < -0.3 is 14.8 Å². The number of carbonyl (C=O) groups excluding carboxylic acids is 1. The first-order valence-electron chi connectivity index (χ1n) is 8.78. The molecule has 4 rings (SSSR count). The van der Waals surface area contributed by atoms with E-state index < -0.39 is 0 Å². The molecule has 0 spiro atoms. The second-order valence-electron chi connectivity index (χ2n) is 6.17. The van der Waals surface area contributed by atoms with Gasteiger partial charge in [-0.2, -0.15) is 0 Å². The van der Waals surface area contributed by atoms with Gasteiger partial charge in [-0.15, -0.1) is 11.3 Å². The van der Waals surface area contributed by atoms with Crippen LogP contribution in [0.2, 0.25) is 5.02 Å². The predicted molar refractivity (Wildman–Crippen MR) is 118 cm³/mol. The van der Waals surface area contributed by atoms with Crippen LogP contribution in [0.3, 0.4) is 0 Å². The fourth-order valence-corrected chi connectivity index (χ4v) is 4.14. The van der Waals surface area contributed by atoms with E-state index in [1.165, 1.54) is 14.2 Å². The van der Waals surface area contributed by atoms with E-state index in [0.717, 1.165) is 20.8 Å². The molecule has 1 amide bonds. The number of rotatable bonds is 5. The Kier molecular flexibility index (Phi) is 5.38. The van der Waals surface area contributed by atoms with Crippen LogP contribution in [0.4, 0.5) is 5.69 Å². The Balaban J connectivity index is 1.69. The summed E-state index contributed by atoms with van der Waals surface area (Å²) in [5.74, 6) is 0.461. The lowest BCUT2D eigenvalue weighted by atomic mass is 10.1. The van der Waals surface area contributed by atoms with Crippen LogP contribution in [0.1, 0.15) is 10.4 Å². The molecule has 0 aliphatic heterocycles. The average molecular weight is 425 g/mol. The van der Waals surface area contributed by atoms with Gasteiger partial charge in [-0.25, -0.2) is 4.98 Å². The Hall–Kier alpha value is -3.09. The zero-order chi connectivity index (χ0) is 20.4. The second kappa shape index (κ2) is 8.11. The van der Waals surface area contributed by atoms with Crippen molar-refractivity contribution in [1.29, 1.82) is 0 Å². The van der Waals surface area contributed by atoms with E-state index in [-0.39, 0.29) is 5.91 Å². The van der Waals surface area contributed by atoms with Gasteiger partial charge in [0.1, 0.15) is 22.1 Å². The minimum Gasteiger partial charge on any atom is -0.496 e. The number of benzene rings is 3. The normalized spacial score (nSPS) is 10.7. The third-order valence-corrected chi connectivity index (χ3v) is 5.83. The zero-order valence-corrected chi connectivity index (χ0v) is 17.3. The minimum absolute atomic E-state index is 0.305. The number of carbonyl (C=O) groups is 1. The quantitative estimate of drug-likeness (QED) is 0.434. The summed E-state index contributed by atoms with van der Waals surface area (Å²) in [6.45, 7) is 0. The maximum Gasteiger partial charge on any atom is 0.263 e. The molecule has 0 aliphatic carbocycles. The number of anilines is 1. The van der Waals surface area contributed by atoms with Crippen molar-refractivity contribution >= 4 is 44.7 Å². The van der Waals surface area contributed by atoms with Crippen LogP contribution in [0.5, 0.6) is 11.5 Å². The summed E-state index contributed by atoms with van der Waals surface area (Å²) in [5.41, 5.74) is 2.60. The molecule has 1 N–H and O–H groups in total. The van der Waals surface area contributed by atoms with Crippen molar-refractivity contribution in [2.75, 3.05) is 19.5 Å². The fourth-order valence-electron chi connectivity index (χ4n) is 3.01. The summed E-state index contributed by atoms with van der Waals surface area (Å²) in [7, 11) is 3.01. The molecular weight excluding hydrogens is 408 g/mol. The molecule has 29 heavy (non-hydrogen) atoms. The standard InChI is InChI=1S/C22H17ClN2O3S/c1-27-17-7-5-8-18(28-2)20(17)21(26)24-16-12-13(10-11-14(16)23)22-25-15-6-3-4-9-19(15)29-22/h3-12H,1-2H3,(H,24,26). The highest BCUT2D eigenvalue weighted by Gasteiger charge is 2.19. The lowest BCUT2D eigenvalue weighted by Gasteiger charge is -2.14. The van der Waals surface area contributed by atoms with E-state index >= 15 is 0 Å². The molecule has 146 valence electrons. The number of fused-ring (bicyclic) bond motifs is 1. The molecule has 0 atom stereocenters. The zero-order valence-electron chi connectivity index (χ0n) is 15.7. The van der Waals surface area contributed by atoms with Crippen LogP contribution in [0, 0.1) is 0 Å². The molecule has 0 aliphatic rings. The molecule has 0 radical (unpaired) electrons. The van der Waals surface area contributed by atoms with Gasteiger partial charge in [-0.3, -0.25) is 4.79 Å². The molecule has 0 unspecified atom stereocenters.